The lowest BCUT2D eigenvalue weighted by Crippen LogP contribution is -2.10. The predicted molar refractivity (Wildman–Crippen MR) is 83.0 cm³/mol. The van der Waals surface area contributed by atoms with E-state index in [-0.39, 0.29) is 11.9 Å². The van der Waals surface area contributed by atoms with E-state index in [1.165, 1.54) is 13.2 Å². The molecule has 21 heavy (non-hydrogen) atoms. The molecule has 1 unspecified atom stereocenters. The van der Waals surface area contributed by atoms with Gasteiger partial charge in [-0.1, -0.05) is 17.7 Å². The van der Waals surface area contributed by atoms with Gasteiger partial charge in [0.1, 0.15) is 17.3 Å². The van der Waals surface area contributed by atoms with Crippen LogP contribution in [0, 0.1) is 5.82 Å². The molecule has 112 valence electrons. The zero-order valence-corrected chi connectivity index (χ0v) is 12.9. The third kappa shape index (κ3) is 3.39. The highest BCUT2D eigenvalue weighted by molar-refractivity contribution is 6.33. The Morgan fingerprint density at radius 2 is 1.90 bits per heavy atom. The molecule has 5 heteroatoms. The monoisotopic (exact) mass is 309 g/mol. The summed E-state index contributed by atoms with van der Waals surface area (Å²) in [5, 5.41) is 3.72. The van der Waals surface area contributed by atoms with E-state index in [1.807, 2.05) is 6.92 Å². The second-order valence-electron chi connectivity index (χ2n) is 4.57. The molecule has 0 saturated heterocycles. The van der Waals surface area contributed by atoms with E-state index in [0.717, 1.165) is 0 Å². The first-order valence-corrected chi connectivity index (χ1v) is 6.87. The van der Waals surface area contributed by atoms with Gasteiger partial charge in [-0.3, -0.25) is 0 Å². The van der Waals surface area contributed by atoms with Crippen molar-refractivity contribution in [2.24, 2.45) is 0 Å². The summed E-state index contributed by atoms with van der Waals surface area (Å²) in [6.07, 6.45) is 0. The molecule has 3 nitrogen and oxygen atoms in total. The summed E-state index contributed by atoms with van der Waals surface area (Å²) >= 11 is 6.16. The molecule has 0 bridgehead atoms. The molecule has 0 amide bonds. The summed E-state index contributed by atoms with van der Waals surface area (Å²) in [7, 11) is 3.10. The van der Waals surface area contributed by atoms with Crippen LogP contribution in [-0.4, -0.2) is 14.2 Å². The van der Waals surface area contributed by atoms with Crippen LogP contribution in [0.5, 0.6) is 11.5 Å². The number of methoxy groups -OCH3 is 2. The largest absolute Gasteiger partial charge is 0.497 e. The van der Waals surface area contributed by atoms with Crippen LogP contribution in [0.25, 0.3) is 0 Å². The molecule has 1 atom stereocenters. The Morgan fingerprint density at radius 3 is 2.57 bits per heavy atom. The second kappa shape index (κ2) is 6.68. The third-order valence-electron chi connectivity index (χ3n) is 3.21. The minimum Gasteiger partial charge on any atom is -0.497 e. The summed E-state index contributed by atoms with van der Waals surface area (Å²) < 4.78 is 24.4. The van der Waals surface area contributed by atoms with Gasteiger partial charge in [-0.25, -0.2) is 4.39 Å². The van der Waals surface area contributed by atoms with Crippen molar-refractivity contribution in [2.45, 2.75) is 13.0 Å². The summed E-state index contributed by atoms with van der Waals surface area (Å²) in [6, 6.07) is 9.70. The van der Waals surface area contributed by atoms with Crippen LogP contribution >= 0.6 is 11.6 Å². The van der Waals surface area contributed by atoms with E-state index in [0.29, 0.717) is 27.8 Å². The molecule has 2 rings (SSSR count). The predicted octanol–water partition coefficient (Wildman–Crippen LogP) is 4.67. The normalized spacial score (nSPS) is 11.9. The van der Waals surface area contributed by atoms with Crippen molar-refractivity contribution in [3.63, 3.8) is 0 Å². The van der Waals surface area contributed by atoms with Gasteiger partial charge < -0.3 is 14.8 Å². The van der Waals surface area contributed by atoms with Crippen LogP contribution in [-0.2, 0) is 0 Å². The maximum atomic E-state index is 14.1. The molecule has 1 N–H and O–H groups in total. The van der Waals surface area contributed by atoms with Crippen LogP contribution in [0.15, 0.2) is 36.4 Å². The minimum atomic E-state index is -0.326. The molecule has 0 aromatic heterocycles. The average Bonchev–Trinajstić information content (AvgIpc) is 2.48. The summed E-state index contributed by atoms with van der Waals surface area (Å²) in [4.78, 5) is 0. The van der Waals surface area contributed by atoms with Crippen LogP contribution in [0.2, 0.25) is 5.02 Å². The van der Waals surface area contributed by atoms with Crippen LogP contribution < -0.4 is 14.8 Å². The molecule has 0 aliphatic rings. The number of rotatable bonds is 5. The molecule has 0 aliphatic carbocycles. The molecule has 2 aromatic rings. The van der Waals surface area contributed by atoms with Gasteiger partial charge in [0.05, 0.1) is 36.5 Å². The van der Waals surface area contributed by atoms with E-state index in [2.05, 4.69) is 5.32 Å². The molecule has 0 fully saturated rings. The lowest BCUT2D eigenvalue weighted by Gasteiger charge is -2.20. The highest BCUT2D eigenvalue weighted by atomic mass is 35.5. The van der Waals surface area contributed by atoms with Crippen molar-refractivity contribution in [3.05, 3.63) is 52.8 Å². The van der Waals surface area contributed by atoms with Crippen molar-refractivity contribution in [1.29, 1.82) is 0 Å². The van der Waals surface area contributed by atoms with Gasteiger partial charge in [-0.15, -0.1) is 0 Å². The number of halogens is 2. The lowest BCUT2D eigenvalue weighted by molar-refractivity contribution is 0.402. The first kappa shape index (κ1) is 15.4. The highest BCUT2D eigenvalue weighted by Gasteiger charge is 2.17. The van der Waals surface area contributed by atoms with E-state index >= 15 is 0 Å². The Labute approximate surface area is 128 Å². The number of benzene rings is 2. The van der Waals surface area contributed by atoms with Gasteiger partial charge in [0, 0.05) is 6.07 Å². The first-order chi connectivity index (χ1) is 10.1. The molecule has 0 heterocycles. The lowest BCUT2D eigenvalue weighted by atomic mass is 10.1. The standard InChI is InChI=1S/C16H17ClFNO2/c1-10(16-13(18)5-4-6-15(16)21-3)19-14-9-11(20-2)7-8-12(14)17/h4-10,19H,1-3H3. The summed E-state index contributed by atoms with van der Waals surface area (Å²) in [5.74, 6) is 0.844. The van der Waals surface area contributed by atoms with Crippen molar-refractivity contribution in [2.75, 3.05) is 19.5 Å². The Bertz CT molecular complexity index is 634. The summed E-state index contributed by atoms with van der Waals surface area (Å²) in [5.41, 5.74) is 1.13. The van der Waals surface area contributed by atoms with Gasteiger partial charge in [-0.05, 0) is 31.2 Å². The molecule has 0 aliphatic heterocycles. The number of ether oxygens (including phenoxy) is 2. The minimum absolute atomic E-state index is 0.314. The van der Waals surface area contributed by atoms with E-state index in [1.54, 1.807) is 37.4 Å². The summed E-state index contributed by atoms with van der Waals surface area (Å²) in [6.45, 7) is 1.84. The zero-order chi connectivity index (χ0) is 15.4. The number of hydrogen-bond donors (Lipinski definition) is 1. The fourth-order valence-electron chi connectivity index (χ4n) is 2.16. The van der Waals surface area contributed by atoms with E-state index in [4.69, 9.17) is 21.1 Å². The quantitative estimate of drug-likeness (QED) is 0.870. The van der Waals surface area contributed by atoms with Crippen molar-refractivity contribution in [1.82, 2.24) is 0 Å². The van der Waals surface area contributed by atoms with Gasteiger partial charge in [0.15, 0.2) is 0 Å². The molecule has 0 saturated carbocycles. The van der Waals surface area contributed by atoms with Crippen molar-refractivity contribution in [3.8, 4) is 11.5 Å². The average molecular weight is 310 g/mol. The zero-order valence-electron chi connectivity index (χ0n) is 12.1. The Hall–Kier alpha value is -1.94. The van der Waals surface area contributed by atoms with Gasteiger partial charge in [0.25, 0.3) is 0 Å². The third-order valence-corrected chi connectivity index (χ3v) is 3.54. The first-order valence-electron chi connectivity index (χ1n) is 6.49. The molecule has 2 aromatic carbocycles. The number of anilines is 1. The highest BCUT2D eigenvalue weighted by Crippen LogP contribution is 2.33. The number of hydrogen-bond acceptors (Lipinski definition) is 3. The fraction of sp³-hybridized carbons (Fsp3) is 0.250. The van der Waals surface area contributed by atoms with Crippen molar-refractivity contribution >= 4 is 17.3 Å². The molecule has 0 radical (unpaired) electrons. The van der Waals surface area contributed by atoms with Crippen LogP contribution in [0.3, 0.4) is 0 Å². The topological polar surface area (TPSA) is 30.5 Å². The van der Waals surface area contributed by atoms with Gasteiger partial charge >= 0.3 is 0 Å². The van der Waals surface area contributed by atoms with Gasteiger partial charge in [0.2, 0.25) is 0 Å². The second-order valence-corrected chi connectivity index (χ2v) is 4.97. The molecule has 0 spiro atoms. The van der Waals surface area contributed by atoms with Crippen LogP contribution in [0.1, 0.15) is 18.5 Å². The Balaban J connectivity index is 2.32. The van der Waals surface area contributed by atoms with Crippen LogP contribution in [0.4, 0.5) is 10.1 Å². The Morgan fingerprint density at radius 1 is 1.14 bits per heavy atom. The molecular formula is C16H17ClFNO2. The van der Waals surface area contributed by atoms with E-state index in [9.17, 15) is 4.39 Å². The fourth-order valence-corrected chi connectivity index (χ4v) is 2.33. The van der Waals surface area contributed by atoms with Gasteiger partial charge in [-0.2, -0.15) is 0 Å². The maximum Gasteiger partial charge on any atom is 0.132 e. The Kier molecular flexibility index (Phi) is 4.91. The number of nitrogens with one attached hydrogen (secondary N) is 1. The van der Waals surface area contributed by atoms with E-state index < -0.39 is 0 Å². The van der Waals surface area contributed by atoms with Crippen molar-refractivity contribution < 1.29 is 13.9 Å². The smallest absolute Gasteiger partial charge is 0.132 e. The SMILES string of the molecule is COc1ccc(Cl)c(NC(C)c2c(F)cccc2OC)c1. The maximum absolute atomic E-state index is 14.1. The molecular weight excluding hydrogens is 293 g/mol.